The van der Waals surface area contributed by atoms with E-state index in [1.54, 1.807) is 0 Å². The van der Waals surface area contributed by atoms with Gasteiger partial charge in [-0.15, -0.1) is 0 Å². The fourth-order valence-electron chi connectivity index (χ4n) is 7.65. The molecule has 0 radical (unpaired) electrons. The molecule has 0 N–H and O–H groups in total. The lowest BCUT2D eigenvalue weighted by Gasteiger charge is -2.18. The number of nitrogens with zero attached hydrogens (tertiary/aromatic N) is 4. The van der Waals surface area contributed by atoms with Crippen molar-refractivity contribution in [3.05, 3.63) is 182 Å². The Morgan fingerprint density at radius 2 is 0.980 bits per heavy atom. The Kier molecular flexibility index (Phi) is 6.78. The highest BCUT2D eigenvalue weighted by Gasteiger charge is 2.25. The zero-order valence-electron chi connectivity index (χ0n) is 27.6. The van der Waals surface area contributed by atoms with Crippen LogP contribution in [0.15, 0.2) is 182 Å². The van der Waals surface area contributed by atoms with Gasteiger partial charge in [0.2, 0.25) is 0 Å². The molecule has 0 atom stereocenters. The number of hydrogen-bond acceptors (Lipinski definition) is 3. The van der Waals surface area contributed by atoms with E-state index in [1.807, 2.05) is 24.5 Å². The fraction of sp³-hybridized carbons (Fsp3) is 0. The molecule has 0 bridgehead atoms. The highest BCUT2D eigenvalue weighted by atomic mass is 15.3. The van der Waals surface area contributed by atoms with Gasteiger partial charge in [-0.25, -0.2) is 4.68 Å². The first-order valence-corrected chi connectivity index (χ1v) is 17.2. The Bertz CT molecular complexity index is 2880. The van der Waals surface area contributed by atoms with E-state index < -0.39 is 0 Å². The Morgan fingerprint density at radius 1 is 0.412 bits per heavy atom. The van der Waals surface area contributed by atoms with Gasteiger partial charge in [0, 0.05) is 45.1 Å². The molecule has 10 rings (SSSR count). The summed E-state index contributed by atoms with van der Waals surface area (Å²) < 4.78 is 2.13. The number of benzene rings is 7. The van der Waals surface area contributed by atoms with Gasteiger partial charge in [0.1, 0.15) is 5.69 Å². The predicted octanol–water partition coefficient (Wildman–Crippen LogP) is 11.9. The van der Waals surface area contributed by atoms with Gasteiger partial charge in [0.15, 0.2) is 0 Å². The molecule has 0 aliphatic carbocycles. The molecule has 0 aliphatic rings. The van der Waals surface area contributed by atoms with Crippen LogP contribution in [0.5, 0.6) is 0 Å². The molecule has 238 valence electrons. The van der Waals surface area contributed by atoms with E-state index >= 15 is 0 Å². The van der Waals surface area contributed by atoms with E-state index in [0.29, 0.717) is 0 Å². The second kappa shape index (κ2) is 11.9. The molecule has 10 aromatic rings. The third-order valence-corrected chi connectivity index (χ3v) is 9.89. The lowest BCUT2D eigenvalue weighted by atomic mass is 9.85. The van der Waals surface area contributed by atoms with E-state index in [0.717, 1.165) is 77.3 Å². The van der Waals surface area contributed by atoms with Crippen LogP contribution in [0.4, 0.5) is 0 Å². The standard InChI is InChI=1S/C47H30N4/c1-4-14-32(15-5-1)42-41(33-26-24-31(25-27-33)40-30-35-18-12-28-48-45(35)46-38(40)23-13-29-49-46)37-21-10-11-22-39(37)47-43(42)44(34-16-6-2-7-17-34)50-51(47)36-19-8-3-9-20-36/h1-30H. The Hall–Kier alpha value is -6.91. The summed E-state index contributed by atoms with van der Waals surface area (Å²) in [5.74, 6) is 0. The van der Waals surface area contributed by atoms with E-state index in [-0.39, 0.29) is 0 Å². The molecule has 0 saturated heterocycles. The second-order valence-electron chi connectivity index (χ2n) is 12.8. The molecular formula is C47H30N4. The number of pyridine rings is 2. The number of rotatable bonds is 5. The van der Waals surface area contributed by atoms with Crippen LogP contribution >= 0.6 is 0 Å². The summed E-state index contributed by atoms with van der Waals surface area (Å²) >= 11 is 0. The molecule has 51 heavy (non-hydrogen) atoms. The maximum atomic E-state index is 5.41. The largest absolute Gasteiger partial charge is 0.254 e. The van der Waals surface area contributed by atoms with Gasteiger partial charge in [-0.05, 0) is 63.5 Å². The predicted molar refractivity (Wildman–Crippen MR) is 211 cm³/mol. The summed E-state index contributed by atoms with van der Waals surface area (Å²) in [5, 5.41) is 11.1. The molecule has 4 heteroatoms. The minimum absolute atomic E-state index is 0.918. The highest BCUT2D eigenvalue weighted by Crippen LogP contribution is 2.48. The van der Waals surface area contributed by atoms with Gasteiger partial charge in [-0.3, -0.25) is 9.97 Å². The average Bonchev–Trinajstić information content (AvgIpc) is 3.62. The van der Waals surface area contributed by atoms with Gasteiger partial charge < -0.3 is 0 Å². The quantitative estimate of drug-likeness (QED) is 0.174. The van der Waals surface area contributed by atoms with Crippen molar-refractivity contribution in [1.82, 2.24) is 19.7 Å². The summed E-state index contributed by atoms with van der Waals surface area (Å²) in [7, 11) is 0. The summed E-state index contributed by atoms with van der Waals surface area (Å²) in [4.78, 5) is 9.43. The monoisotopic (exact) mass is 650 g/mol. The van der Waals surface area contributed by atoms with Crippen LogP contribution < -0.4 is 0 Å². The second-order valence-corrected chi connectivity index (χ2v) is 12.8. The van der Waals surface area contributed by atoms with E-state index in [2.05, 4.69) is 167 Å². The topological polar surface area (TPSA) is 43.6 Å². The Labute approximate surface area is 294 Å². The first-order chi connectivity index (χ1) is 25.3. The molecule has 4 nitrogen and oxygen atoms in total. The summed E-state index contributed by atoms with van der Waals surface area (Å²) in [6.45, 7) is 0. The molecule has 3 heterocycles. The first-order valence-electron chi connectivity index (χ1n) is 17.2. The summed E-state index contributed by atoms with van der Waals surface area (Å²) in [6, 6.07) is 60.1. The molecule has 0 fully saturated rings. The van der Waals surface area contributed by atoms with Crippen LogP contribution in [0.3, 0.4) is 0 Å². The van der Waals surface area contributed by atoms with Crippen molar-refractivity contribution in [2.45, 2.75) is 0 Å². The van der Waals surface area contributed by atoms with Gasteiger partial charge in [-0.1, -0.05) is 140 Å². The van der Waals surface area contributed by atoms with E-state index in [9.17, 15) is 0 Å². The SMILES string of the molecule is c1ccc(-c2nn(-c3ccccc3)c3c2c(-c2ccccc2)c(-c2ccc(-c4cc5cccnc5c5ncccc45)cc2)c2ccccc23)cc1. The summed E-state index contributed by atoms with van der Waals surface area (Å²) in [6.07, 6.45) is 3.68. The Morgan fingerprint density at radius 3 is 1.73 bits per heavy atom. The maximum Gasteiger partial charge on any atom is 0.101 e. The number of hydrogen-bond donors (Lipinski definition) is 0. The molecular weight excluding hydrogens is 621 g/mol. The molecule has 7 aromatic carbocycles. The number of aromatic nitrogens is 4. The molecule has 3 aromatic heterocycles. The highest BCUT2D eigenvalue weighted by molar-refractivity contribution is 6.24. The lowest BCUT2D eigenvalue weighted by molar-refractivity contribution is 0.918. The van der Waals surface area contributed by atoms with Crippen molar-refractivity contribution < 1.29 is 0 Å². The average molecular weight is 651 g/mol. The lowest BCUT2D eigenvalue weighted by Crippen LogP contribution is -1.97. The van der Waals surface area contributed by atoms with E-state index in [4.69, 9.17) is 10.1 Å². The van der Waals surface area contributed by atoms with Crippen LogP contribution in [0.1, 0.15) is 0 Å². The van der Waals surface area contributed by atoms with Crippen LogP contribution in [0, 0.1) is 0 Å². The zero-order chi connectivity index (χ0) is 33.7. The van der Waals surface area contributed by atoms with Gasteiger partial charge >= 0.3 is 0 Å². The minimum atomic E-state index is 0.918. The van der Waals surface area contributed by atoms with Crippen molar-refractivity contribution in [2.75, 3.05) is 0 Å². The van der Waals surface area contributed by atoms with Gasteiger partial charge in [-0.2, -0.15) is 5.10 Å². The van der Waals surface area contributed by atoms with Gasteiger partial charge in [0.25, 0.3) is 0 Å². The van der Waals surface area contributed by atoms with Crippen LogP contribution in [0.2, 0.25) is 0 Å². The first kappa shape index (κ1) is 29.0. The van der Waals surface area contributed by atoms with E-state index in [1.165, 1.54) is 16.5 Å². The molecule has 0 saturated carbocycles. The molecule has 0 spiro atoms. The van der Waals surface area contributed by atoms with Crippen molar-refractivity contribution >= 4 is 43.5 Å². The normalized spacial score (nSPS) is 11.5. The molecule has 0 amide bonds. The fourth-order valence-corrected chi connectivity index (χ4v) is 7.65. The zero-order valence-corrected chi connectivity index (χ0v) is 27.6. The van der Waals surface area contributed by atoms with Gasteiger partial charge in [0.05, 0.1) is 22.2 Å². The van der Waals surface area contributed by atoms with Crippen LogP contribution in [-0.4, -0.2) is 19.7 Å². The smallest absolute Gasteiger partial charge is 0.101 e. The molecule has 0 aliphatic heterocycles. The third kappa shape index (κ3) is 4.72. The number of para-hydroxylation sites is 1. The third-order valence-electron chi connectivity index (χ3n) is 9.89. The van der Waals surface area contributed by atoms with Crippen molar-refractivity contribution in [3.8, 4) is 50.3 Å². The Balaban J connectivity index is 1.29. The van der Waals surface area contributed by atoms with Crippen LogP contribution in [-0.2, 0) is 0 Å². The number of fused-ring (bicyclic) bond motifs is 6. The maximum absolute atomic E-state index is 5.41. The van der Waals surface area contributed by atoms with Crippen LogP contribution in [0.25, 0.3) is 93.8 Å². The van der Waals surface area contributed by atoms with Crippen molar-refractivity contribution in [2.24, 2.45) is 0 Å². The molecule has 0 unspecified atom stereocenters. The van der Waals surface area contributed by atoms with Crippen molar-refractivity contribution in [3.63, 3.8) is 0 Å². The van der Waals surface area contributed by atoms with Crippen molar-refractivity contribution in [1.29, 1.82) is 0 Å². The summed E-state index contributed by atoms with van der Waals surface area (Å²) in [5.41, 5.74) is 12.9. The minimum Gasteiger partial charge on any atom is -0.254 e.